The van der Waals surface area contributed by atoms with E-state index < -0.39 is 38.4 Å². The van der Waals surface area contributed by atoms with Gasteiger partial charge in [-0.3, -0.25) is 0 Å². The summed E-state index contributed by atoms with van der Waals surface area (Å²) in [6.07, 6.45) is 2.16. The van der Waals surface area contributed by atoms with Gasteiger partial charge in [0.05, 0.1) is 0 Å². The SMILES string of the molecule is [B][I-]c1cc2nnc(-c3cc(F)cc(F)c3O)cc2n1C1CC1. The Bertz CT molecular complexity index is 927. The number of nitrogens with zero attached hydrogens (tertiary/aromatic N) is 3. The Kier molecular flexibility index (Phi) is 3.51. The molecule has 2 aromatic heterocycles. The summed E-state index contributed by atoms with van der Waals surface area (Å²) >= 11 is -0.610. The second-order valence-electron chi connectivity index (χ2n) is 5.46. The predicted octanol–water partition coefficient (Wildman–Crippen LogP) is -0.241. The van der Waals surface area contributed by atoms with Gasteiger partial charge in [0, 0.05) is 0 Å². The Hall–Kier alpha value is -1.71. The molecule has 4 rings (SSSR count). The van der Waals surface area contributed by atoms with Gasteiger partial charge in [0.2, 0.25) is 0 Å². The molecule has 0 aliphatic heterocycles. The first-order chi connectivity index (χ1) is 11.1. The Morgan fingerprint density at radius 3 is 2.65 bits per heavy atom. The van der Waals surface area contributed by atoms with E-state index in [0.29, 0.717) is 17.6 Å². The Labute approximate surface area is 141 Å². The van der Waals surface area contributed by atoms with Crippen LogP contribution in [-0.4, -0.2) is 25.6 Å². The Morgan fingerprint density at radius 1 is 1.17 bits per heavy atom. The fourth-order valence-electron chi connectivity index (χ4n) is 2.67. The molecule has 2 radical (unpaired) electrons. The number of phenolic OH excluding ortho intramolecular Hbond substituents is 1. The average Bonchev–Trinajstić information content (AvgIpc) is 3.30. The first-order valence-electron chi connectivity index (χ1n) is 6.99. The number of hydrogen-bond donors (Lipinski definition) is 1. The normalized spacial score (nSPS) is 14.7. The van der Waals surface area contributed by atoms with Crippen LogP contribution in [0.3, 0.4) is 0 Å². The van der Waals surface area contributed by atoms with E-state index in [4.69, 9.17) is 5.70 Å². The molecule has 2 heterocycles. The number of aromatic nitrogens is 3. The van der Waals surface area contributed by atoms with E-state index in [9.17, 15) is 13.9 Å². The van der Waals surface area contributed by atoms with Gasteiger partial charge in [-0.15, -0.1) is 0 Å². The van der Waals surface area contributed by atoms with Crippen LogP contribution in [0.4, 0.5) is 8.78 Å². The van der Waals surface area contributed by atoms with E-state index >= 15 is 0 Å². The van der Waals surface area contributed by atoms with E-state index in [1.54, 1.807) is 6.07 Å². The van der Waals surface area contributed by atoms with Crippen molar-refractivity contribution in [3.8, 4) is 17.0 Å². The maximum atomic E-state index is 13.6. The van der Waals surface area contributed by atoms with Crippen molar-refractivity contribution in [3.63, 3.8) is 0 Å². The summed E-state index contributed by atoms with van der Waals surface area (Å²) in [5.74, 6) is -2.42. The molecule has 1 aromatic carbocycles. The molecule has 0 atom stereocenters. The molecule has 1 aliphatic rings. The monoisotopic (exact) mass is 424 g/mol. The van der Waals surface area contributed by atoms with Gasteiger partial charge in [-0.1, -0.05) is 0 Å². The van der Waals surface area contributed by atoms with E-state index in [1.807, 2.05) is 6.07 Å². The Morgan fingerprint density at radius 2 is 1.96 bits per heavy atom. The number of aromatic hydroxyl groups is 1. The van der Waals surface area contributed by atoms with Crippen molar-refractivity contribution in [2.24, 2.45) is 0 Å². The molecule has 0 bridgehead atoms. The molecule has 1 saturated carbocycles. The predicted molar refractivity (Wildman–Crippen MR) is 77.3 cm³/mol. The third-order valence-corrected chi connectivity index (χ3v) is 5.34. The van der Waals surface area contributed by atoms with Crippen LogP contribution in [0.15, 0.2) is 24.3 Å². The van der Waals surface area contributed by atoms with Crippen LogP contribution < -0.4 is 21.0 Å². The number of hydrogen-bond acceptors (Lipinski definition) is 3. The zero-order valence-electron chi connectivity index (χ0n) is 11.8. The van der Waals surface area contributed by atoms with Crippen molar-refractivity contribution in [2.75, 3.05) is 0 Å². The number of fused-ring (bicyclic) bond motifs is 1. The minimum absolute atomic E-state index is 0.00977. The van der Waals surface area contributed by atoms with E-state index in [2.05, 4.69) is 14.8 Å². The topological polar surface area (TPSA) is 50.9 Å². The molecule has 1 fully saturated rings. The van der Waals surface area contributed by atoms with Crippen LogP contribution in [0, 0.1) is 15.3 Å². The van der Waals surface area contributed by atoms with Gasteiger partial charge in [0.1, 0.15) is 0 Å². The third-order valence-electron chi connectivity index (χ3n) is 3.87. The first kappa shape index (κ1) is 14.9. The minimum atomic E-state index is -1.02. The van der Waals surface area contributed by atoms with Crippen molar-refractivity contribution < 1.29 is 34.9 Å². The van der Waals surface area contributed by atoms with Crippen LogP contribution >= 0.6 is 0 Å². The van der Waals surface area contributed by atoms with Crippen LogP contribution in [0.1, 0.15) is 18.9 Å². The van der Waals surface area contributed by atoms with Gasteiger partial charge in [-0.2, -0.15) is 0 Å². The molecule has 4 nitrogen and oxygen atoms in total. The van der Waals surface area contributed by atoms with Crippen LogP contribution in [0.5, 0.6) is 5.75 Å². The number of rotatable bonds is 3. The van der Waals surface area contributed by atoms with Crippen LogP contribution in [-0.2, 0) is 0 Å². The molecule has 1 N–H and O–H groups in total. The van der Waals surface area contributed by atoms with E-state index in [0.717, 1.165) is 28.1 Å². The van der Waals surface area contributed by atoms with Crippen molar-refractivity contribution in [3.05, 3.63) is 39.6 Å². The molecule has 0 unspecified atom stereocenters. The van der Waals surface area contributed by atoms with E-state index in [1.165, 1.54) is 0 Å². The Balaban J connectivity index is 1.94. The third kappa shape index (κ3) is 2.48. The molecule has 8 heteroatoms. The van der Waals surface area contributed by atoms with Gasteiger partial charge in [-0.05, 0) is 0 Å². The van der Waals surface area contributed by atoms with Gasteiger partial charge >= 0.3 is 142 Å². The van der Waals surface area contributed by atoms with Crippen LogP contribution in [0.2, 0.25) is 0 Å². The van der Waals surface area contributed by atoms with Gasteiger partial charge < -0.3 is 0 Å². The average molecular weight is 424 g/mol. The molecular weight excluding hydrogens is 414 g/mol. The summed E-state index contributed by atoms with van der Waals surface area (Å²) in [4.78, 5) is 0. The molecule has 1 aliphatic carbocycles. The maximum absolute atomic E-state index is 13.6. The number of benzene rings is 1. The van der Waals surface area contributed by atoms with Crippen molar-refractivity contribution >= 4 is 16.7 Å². The number of phenols is 1. The second-order valence-corrected chi connectivity index (χ2v) is 7.19. The fraction of sp³-hybridized carbons (Fsp3) is 0.200. The summed E-state index contributed by atoms with van der Waals surface area (Å²) < 4.78 is 30.2. The fourth-order valence-corrected chi connectivity index (χ4v) is 4.09. The summed E-state index contributed by atoms with van der Waals surface area (Å²) in [6.45, 7) is 0. The second kappa shape index (κ2) is 5.43. The van der Waals surface area contributed by atoms with Crippen molar-refractivity contribution in [1.82, 2.24) is 14.8 Å². The molecule has 0 amide bonds. The van der Waals surface area contributed by atoms with Gasteiger partial charge in [0.25, 0.3) is 0 Å². The molecular formula is C15H10BF2IN3O-. The van der Waals surface area contributed by atoms with Crippen LogP contribution in [0.25, 0.3) is 22.3 Å². The summed E-state index contributed by atoms with van der Waals surface area (Å²) in [5.41, 5.74) is 7.66. The van der Waals surface area contributed by atoms with Gasteiger partial charge in [-0.25, -0.2) is 0 Å². The molecule has 116 valence electrons. The molecule has 0 saturated heterocycles. The summed E-state index contributed by atoms with van der Waals surface area (Å²) in [6, 6.07) is 5.71. The number of halogens is 3. The van der Waals surface area contributed by atoms with E-state index in [-0.39, 0.29) is 11.3 Å². The van der Waals surface area contributed by atoms with Crippen molar-refractivity contribution in [2.45, 2.75) is 18.9 Å². The molecule has 3 aromatic rings. The summed E-state index contributed by atoms with van der Waals surface area (Å²) in [7, 11) is 0. The molecule has 23 heavy (non-hydrogen) atoms. The quantitative estimate of drug-likeness (QED) is 0.467. The molecule has 0 spiro atoms. The van der Waals surface area contributed by atoms with Gasteiger partial charge in [0.15, 0.2) is 0 Å². The standard InChI is InChI=1S/C15H10BF2IN3O/c16-19-14-6-12-13(22(14)8-1-2-8)5-11(20-21-12)9-3-7(17)4-10(18)15(9)23/h3-6,8,23H,1-2H2/q-1. The van der Waals surface area contributed by atoms with Crippen molar-refractivity contribution in [1.29, 1.82) is 0 Å². The zero-order valence-corrected chi connectivity index (χ0v) is 14.0. The zero-order chi connectivity index (χ0) is 16.1. The summed E-state index contributed by atoms with van der Waals surface area (Å²) in [5, 5.41) is 18.0. The first-order valence-corrected chi connectivity index (χ1v) is 9.31.